The van der Waals surface area contributed by atoms with Crippen molar-refractivity contribution in [1.29, 1.82) is 0 Å². The third-order valence-corrected chi connectivity index (χ3v) is 6.91. The van der Waals surface area contributed by atoms with Gasteiger partial charge in [-0.1, -0.05) is 0 Å². The number of benzene rings is 1. The summed E-state index contributed by atoms with van der Waals surface area (Å²) in [6.45, 7) is 5.12. The van der Waals surface area contributed by atoms with Gasteiger partial charge in [0.05, 0.1) is 33.8 Å². The number of hydrogen-bond donors (Lipinski definition) is 1. The molecule has 30 heavy (non-hydrogen) atoms. The highest BCUT2D eigenvalue weighted by Crippen LogP contribution is 2.34. The Kier molecular flexibility index (Phi) is 5.81. The average Bonchev–Trinajstić information content (AvgIpc) is 3.32. The minimum atomic E-state index is -0.622. The van der Waals surface area contributed by atoms with Gasteiger partial charge in [0.25, 0.3) is 5.91 Å². The van der Waals surface area contributed by atoms with E-state index in [-0.39, 0.29) is 12.5 Å². The van der Waals surface area contributed by atoms with E-state index >= 15 is 0 Å². The molecule has 8 heteroatoms. The lowest BCUT2D eigenvalue weighted by Gasteiger charge is -2.43. The molecule has 0 atom stereocenters. The van der Waals surface area contributed by atoms with Crippen molar-refractivity contribution in [3.63, 3.8) is 0 Å². The number of aromatic nitrogens is 1. The molecule has 0 bridgehead atoms. The van der Waals surface area contributed by atoms with Crippen molar-refractivity contribution in [3.05, 3.63) is 45.6 Å². The van der Waals surface area contributed by atoms with E-state index in [4.69, 9.17) is 13.9 Å². The maximum Gasteiger partial charge on any atom is 0.258 e. The van der Waals surface area contributed by atoms with Gasteiger partial charge < -0.3 is 23.9 Å². The summed E-state index contributed by atoms with van der Waals surface area (Å²) in [7, 11) is 1.75. The van der Waals surface area contributed by atoms with E-state index in [0.717, 1.165) is 10.6 Å². The Labute approximate surface area is 179 Å². The number of aryl methyl sites for hydroxylation is 2. The van der Waals surface area contributed by atoms with Crippen molar-refractivity contribution in [2.75, 3.05) is 26.9 Å². The van der Waals surface area contributed by atoms with Crippen LogP contribution in [-0.4, -0.2) is 53.3 Å². The molecular formula is C22H26N2O5S. The van der Waals surface area contributed by atoms with E-state index in [1.54, 1.807) is 35.7 Å². The van der Waals surface area contributed by atoms with Crippen LogP contribution in [0.25, 0.3) is 11.0 Å². The molecule has 0 radical (unpaired) electrons. The second-order valence-corrected chi connectivity index (χ2v) is 8.64. The molecule has 0 unspecified atom stereocenters. The zero-order valence-electron chi connectivity index (χ0n) is 17.4. The maximum absolute atomic E-state index is 13.5. The number of thiazole rings is 1. The first-order valence-corrected chi connectivity index (χ1v) is 10.8. The zero-order valence-corrected chi connectivity index (χ0v) is 18.3. The highest BCUT2D eigenvalue weighted by Gasteiger charge is 2.40. The average molecular weight is 431 g/mol. The Morgan fingerprint density at radius 1 is 1.33 bits per heavy atom. The van der Waals surface area contributed by atoms with Crippen molar-refractivity contribution in [3.8, 4) is 5.75 Å². The minimum Gasteiger partial charge on any atom is -0.488 e. The van der Waals surface area contributed by atoms with E-state index in [1.807, 2.05) is 25.1 Å². The third-order valence-electron chi connectivity index (χ3n) is 6.00. The summed E-state index contributed by atoms with van der Waals surface area (Å²) in [5.74, 6) is 1.05. The molecule has 2 aromatic heterocycles. The number of rotatable bonds is 6. The van der Waals surface area contributed by atoms with Crippen molar-refractivity contribution < 1.29 is 23.8 Å². The summed E-state index contributed by atoms with van der Waals surface area (Å²) in [5, 5.41) is 10.8. The Morgan fingerprint density at radius 3 is 2.77 bits per heavy atom. The van der Waals surface area contributed by atoms with Gasteiger partial charge in [0.15, 0.2) is 0 Å². The molecule has 3 aromatic rings. The molecule has 160 valence electrons. The summed E-state index contributed by atoms with van der Waals surface area (Å²) in [4.78, 5) is 20.4. The van der Waals surface area contributed by atoms with Crippen LogP contribution >= 0.6 is 11.3 Å². The number of carbonyl (C=O) groups is 1. The van der Waals surface area contributed by atoms with Crippen LogP contribution in [0.5, 0.6) is 5.75 Å². The summed E-state index contributed by atoms with van der Waals surface area (Å²) in [6.07, 6.45) is 1.20. The second kappa shape index (κ2) is 8.37. The molecule has 1 aliphatic heterocycles. The predicted molar refractivity (Wildman–Crippen MR) is 114 cm³/mol. The van der Waals surface area contributed by atoms with Gasteiger partial charge in [-0.05, 0) is 44.9 Å². The van der Waals surface area contributed by atoms with Crippen LogP contribution in [0.1, 0.15) is 39.5 Å². The van der Waals surface area contributed by atoms with Crippen molar-refractivity contribution >= 4 is 28.2 Å². The molecule has 1 N–H and O–H groups in total. The van der Waals surface area contributed by atoms with Gasteiger partial charge >= 0.3 is 0 Å². The minimum absolute atomic E-state index is 0.101. The van der Waals surface area contributed by atoms with Gasteiger partial charge in [-0.15, -0.1) is 11.3 Å². The van der Waals surface area contributed by atoms with Gasteiger partial charge in [-0.2, -0.15) is 0 Å². The first-order chi connectivity index (χ1) is 14.4. The SMILES string of the molecule is Cc1ncsc1COc1ccc2oc(C)c(C(=O)N(C)C3(CO)CCOCC3)c2c1. The lowest BCUT2D eigenvalue weighted by Crippen LogP contribution is -2.55. The number of aliphatic hydroxyl groups is 1. The first-order valence-electron chi connectivity index (χ1n) is 9.97. The largest absolute Gasteiger partial charge is 0.488 e. The molecule has 0 saturated carbocycles. The summed E-state index contributed by atoms with van der Waals surface area (Å²) in [5.41, 5.74) is 3.28. The molecule has 1 fully saturated rings. The highest BCUT2D eigenvalue weighted by molar-refractivity contribution is 7.09. The third kappa shape index (κ3) is 3.71. The molecule has 1 aliphatic rings. The predicted octanol–water partition coefficient (Wildman–Crippen LogP) is 3.70. The number of hydrogen-bond acceptors (Lipinski definition) is 7. The summed E-state index contributed by atoms with van der Waals surface area (Å²) >= 11 is 1.56. The molecule has 1 saturated heterocycles. The van der Waals surface area contributed by atoms with E-state index in [9.17, 15) is 9.90 Å². The number of nitrogens with zero attached hydrogens (tertiary/aromatic N) is 2. The highest BCUT2D eigenvalue weighted by atomic mass is 32.1. The number of aliphatic hydroxyl groups excluding tert-OH is 1. The Morgan fingerprint density at radius 2 is 2.10 bits per heavy atom. The number of ether oxygens (including phenoxy) is 2. The molecule has 0 aliphatic carbocycles. The topological polar surface area (TPSA) is 85.0 Å². The zero-order chi connectivity index (χ0) is 21.3. The van der Waals surface area contributed by atoms with E-state index < -0.39 is 5.54 Å². The quantitative estimate of drug-likeness (QED) is 0.642. The molecule has 4 rings (SSSR count). The van der Waals surface area contributed by atoms with E-state index in [0.29, 0.717) is 60.7 Å². The van der Waals surface area contributed by atoms with Gasteiger partial charge in [0.2, 0.25) is 0 Å². The van der Waals surface area contributed by atoms with Crippen molar-refractivity contribution in [2.24, 2.45) is 0 Å². The molecule has 3 heterocycles. The van der Waals surface area contributed by atoms with E-state index in [1.165, 1.54) is 0 Å². The van der Waals surface area contributed by atoms with Crippen molar-refractivity contribution in [1.82, 2.24) is 9.88 Å². The Bertz CT molecular complexity index is 1050. The Hall–Kier alpha value is -2.42. The molecule has 1 amide bonds. The fraction of sp³-hybridized carbons (Fsp3) is 0.455. The monoisotopic (exact) mass is 430 g/mol. The van der Waals surface area contributed by atoms with Gasteiger partial charge in [0.1, 0.15) is 23.7 Å². The van der Waals surface area contributed by atoms with Crippen LogP contribution < -0.4 is 4.74 Å². The summed E-state index contributed by atoms with van der Waals surface area (Å²) in [6, 6.07) is 5.51. The molecule has 0 spiro atoms. The molecule has 1 aromatic carbocycles. The second-order valence-electron chi connectivity index (χ2n) is 7.70. The fourth-order valence-electron chi connectivity index (χ4n) is 3.90. The maximum atomic E-state index is 13.5. The Balaban J connectivity index is 1.63. The summed E-state index contributed by atoms with van der Waals surface area (Å²) < 4.78 is 17.2. The lowest BCUT2D eigenvalue weighted by molar-refractivity contribution is -0.0360. The number of furan rings is 1. The standard InChI is InChI=1S/C22H26N2O5S/c1-14-19(30-13-23-14)11-28-16-4-5-18-17(10-16)20(15(2)29-18)21(26)24(3)22(12-25)6-8-27-9-7-22/h4-5,10,13,25H,6-9,11-12H2,1-3H3. The van der Waals surface area contributed by atoms with Crippen molar-refractivity contribution in [2.45, 2.75) is 38.8 Å². The first kappa shape index (κ1) is 20.8. The van der Waals surface area contributed by atoms with Crippen LogP contribution in [0.15, 0.2) is 28.1 Å². The lowest BCUT2D eigenvalue weighted by atomic mass is 9.88. The van der Waals surface area contributed by atoms with Gasteiger partial charge in [-0.25, -0.2) is 4.98 Å². The van der Waals surface area contributed by atoms with Gasteiger partial charge in [0, 0.05) is 25.6 Å². The normalized spacial score (nSPS) is 16.0. The smallest absolute Gasteiger partial charge is 0.258 e. The van der Waals surface area contributed by atoms with Crippen LogP contribution in [0.2, 0.25) is 0 Å². The molecule has 7 nitrogen and oxygen atoms in total. The number of fused-ring (bicyclic) bond motifs is 1. The fourth-order valence-corrected chi connectivity index (χ4v) is 4.59. The van der Waals surface area contributed by atoms with Gasteiger partial charge in [-0.3, -0.25) is 4.79 Å². The number of likely N-dealkylation sites (N-methyl/N-ethyl adjacent to an activating group) is 1. The van der Waals surface area contributed by atoms with Crippen LogP contribution in [-0.2, 0) is 11.3 Å². The van der Waals surface area contributed by atoms with Crippen LogP contribution in [0.3, 0.4) is 0 Å². The van der Waals surface area contributed by atoms with Crippen LogP contribution in [0.4, 0.5) is 0 Å². The van der Waals surface area contributed by atoms with E-state index in [2.05, 4.69) is 4.98 Å². The van der Waals surface area contributed by atoms with Crippen LogP contribution in [0, 0.1) is 13.8 Å². The number of amides is 1. The number of carbonyl (C=O) groups excluding carboxylic acids is 1. The molecular weight excluding hydrogens is 404 g/mol.